The second-order valence-electron chi connectivity index (χ2n) is 4.04. The third-order valence-electron chi connectivity index (χ3n) is 2.38. The first kappa shape index (κ1) is 16.4. The maximum Gasteiger partial charge on any atom is 0.328 e. The molecular weight excluding hydrogens is 230 g/mol. The Hall–Kier alpha value is -1.58. The van der Waals surface area contributed by atoms with Crippen LogP contribution in [0.5, 0.6) is 0 Å². The molecule has 0 spiro atoms. The Bertz CT molecular complexity index is 308. The molecule has 0 saturated heterocycles. The summed E-state index contributed by atoms with van der Waals surface area (Å²) in [6, 6.07) is -0.624. The molecule has 0 heterocycles. The molecule has 1 N–H and O–H groups in total. The molecule has 0 fully saturated rings. The molecule has 102 valence electrons. The van der Waals surface area contributed by atoms with Crippen LogP contribution in [0.4, 0.5) is 0 Å². The fraction of sp³-hybridized carbons (Fsp3) is 0.571. The van der Waals surface area contributed by atoms with E-state index >= 15 is 0 Å². The Morgan fingerprint density at radius 1 is 1.28 bits per heavy atom. The normalized spacial score (nSPS) is 12.8. The first-order valence-electron chi connectivity index (χ1n) is 6.33. The van der Waals surface area contributed by atoms with E-state index in [1.54, 1.807) is 13.0 Å². The third kappa shape index (κ3) is 8.56. The lowest BCUT2D eigenvalue weighted by atomic mass is 10.2. The van der Waals surface area contributed by atoms with E-state index in [2.05, 4.69) is 17.0 Å². The summed E-state index contributed by atoms with van der Waals surface area (Å²) >= 11 is 0. The first-order valence-corrected chi connectivity index (χ1v) is 6.33. The van der Waals surface area contributed by atoms with Crippen LogP contribution in [0.1, 0.15) is 39.5 Å². The molecule has 0 aliphatic heterocycles. The van der Waals surface area contributed by atoms with Crippen molar-refractivity contribution < 1.29 is 14.3 Å². The van der Waals surface area contributed by atoms with E-state index in [0.29, 0.717) is 0 Å². The van der Waals surface area contributed by atoms with E-state index in [1.165, 1.54) is 32.4 Å². The van der Waals surface area contributed by atoms with Crippen LogP contribution < -0.4 is 5.32 Å². The molecule has 0 bridgehead atoms. The monoisotopic (exact) mass is 253 g/mol. The Morgan fingerprint density at radius 2 is 2.00 bits per heavy atom. The van der Waals surface area contributed by atoms with Gasteiger partial charge < -0.3 is 10.1 Å². The van der Waals surface area contributed by atoms with Crippen molar-refractivity contribution in [1.29, 1.82) is 0 Å². The molecule has 4 nitrogen and oxygen atoms in total. The lowest BCUT2D eigenvalue weighted by Crippen LogP contribution is -2.38. The SMILES string of the molecule is CCCCC/C=C/C=C/C(=O)N[C@@H](C)C(=O)OC. The number of ether oxygens (including phenoxy) is 1. The van der Waals surface area contributed by atoms with Crippen LogP contribution >= 0.6 is 0 Å². The summed E-state index contributed by atoms with van der Waals surface area (Å²) in [6.07, 6.45) is 11.6. The average Bonchev–Trinajstić information content (AvgIpc) is 2.36. The number of unbranched alkanes of at least 4 members (excludes halogenated alkanes) is 3. The van der Waals surface area contributed by atoms with Gasteiger partial charge in [-0.15, -0.1) is 0 Å². The number of carbonyl (C=O) groups excluding carboxylic acids is 2. The predicted octanol–water partition coefficient (Wildman–Crippen LogP) is 2.36. The maximum atomic E-state index is 11.4. The molecule has 0 saturated carbocycles. The van der Waals surface area contributed by atoms with Gasteiger partial charge in [-0.1, -0.05) is 38.0 Å². The van der Waals surface area contributed by atoms with Gasteiger partial charge in [0.15, 0.2) is 0 Å². The Labute approximate surface area is 109 Å². The minimum atomic E-state index is -0.624. The minimum absolute atomic E-state index is 0.300. The summed E-state index contributed by atoms with van der Waals surface area (Å²) in [5.74, 6) is -0.752. The number of rotatable bonds is 8. The summed E-state index contributed by atoms with van der Waals surface area (Å²) in [6.45, 7) is 3.74. The van der Waals surface area contributed by atoms with E-state index in [-0.39, 0.29) is 5.91 Å². The standard InChI is InChI=1S/C14H23NO3/c1-4-5-6-7-8-9-10-11-13(16)15-12(2)14(17)18-3/h8-12H,4-7H2,1-3H3,(H,15,16)/b9-8+,11-10+/t12-/m0/s1. The highest BCUT2D eigenvalue weighted by Gasteiger charge is 2.13. The smallest absolute Gasteiger partial charge is 0.328 e. The van der Waals surface area contributed by atoms with Crippen molar-refractivity contribution in [1.82, 2.24) is 5.32 Å². The van der Waals surface area contributed by atoms with Crippen molar-refractivity contribution in [3.8, 4) is 0 Å². The summed E-state index contributed by atoms with van der Waals surface area (Å²) in [5.41, 5.74) is 0. The van der Waals surface area contributed by atoms with Crippen molar-refractivity contribution in [3.63, 3.8) is 0 Å². The van der Waals surface area contributed by atoms with Crippen LogP contribution in [0.3, 0.4) is 0 Å². The van der Waals surface area contributed by atoms with E-state index in [9.17, 15) is 9.59 Å². The number of esters is 1. The molecule has 0 radical (unpaired) electrons. The number of methoxy groups -OCH3 is 1. The molecule has 0 unspecified atom stereocenters. The molecule has 0 rings (SSSR count). The lowest BCUT2D eigenvalue weighted by molar-refractivity contribution is -0.144. The molecule has 0 aliphatic rings. The van der Waals surface area contributed by atoms with Crippen molar-refractivity contribution in [2.24, 2.45) is 0 Å². The third-order valence-corrected chi connectivity index (χ3v) is 2.38. The summed E-state index contributed by atoms with van der Waals surface area (Å²) in [7, 11) is 1.29. The van der Waals surface area contributed by atoms with Gasteiger partial charge in [0, 0.05) is 6.08 Å². The molecule has 0 aliphatic carbocycles. The van der Waals surface area contributed by atoms with E-state index in [1.807, 2.05) is 12.2 Å². The first-order chi connectivity index (χ1) is 8.61. The van der Waals surface area contributed by atoms with E-state index < -0.39 is 12.0 Å². The second-order valence-corrected chi connectivity index (χ2v) is 4.04. The van der Waals surface area contributed by atoms with Crippen LogP contribution in [0.2, 0.25) is 0 Å². The van der Waals surface area contributed by atoms with Crippen LogP contribution in [0.15, 0.2) is 24.3 Å². The molecule has 1 atom stereocenters. The van der Waals surface area contributed by atoms with Crippen molar-refractivity contribution in [2.75, 3.05) is 7.11 Å². The second kappa shape index (κ2) is 10.6. The van der Waals surface area contributed by atoms with Gasteiger partial charge in [0.25, 0.3) is 0 Å². The minimum Gasteiger partial charge on any atom is -0.467 e. The highest BCUT2D eigenvalue weighted by molar-refractivity contribution is 5.91. The van der Waals surface area contributed by atoms with Crippen LogP contribution in [-0.4, -0.2) is 25.0 Å². The predicted molar refractivity (Wildman–Crippen MR) is 72.0 cm³/mol. The molecule has 1 amide bonds. The van der Waals surface area contributed by atoms with Crippen molar-refractivity contribution in [2.45, 2.75) is 45.6 Å². The van der Waals surface area contributed by atoms with Gasteiger partial charge in [0.05, 0.1) is 7.11 Å². The van der Waals surface area contributed by atoms with Crippen molar-refractivity contribution in [3.05, 3.63) is 24.3 Å². The number of nitrogens with one attached hydrogen (secondary N) is 1. The fourth-order valence-corrected chi connectivity index (χ4v) is 1.33. The number of hydrogen-bond acceptors (Lipinski definition) is 3. The molecule has 0 aromatic carbocycles. The van der Waals surface area contributed by atoms with Crippen LogP contribution in [-0.2, 0) is 14.3 Å². The van der Waals surface area contributed by atoms with Gasteiger partial charge >= 0.3 is 5.97 Å². The molecule has 0 aromatic rings. The molecule has 4 heteroatoms. The van der Waals surface area contributed by atoms with Gasteiger partial charge in [0.1, 0.15) is 6.04 Å². The number of hydrogen-bond donors (Lipinski definition) is 1. The van der Waals surface area contributed by atoms with Gasteiger partial charge in [-0.2, -0.15) is 0 Å². The topological polar surface area (TPSA) is 55.4 Å². The van der Waals surface area contributed by atoms with Gasteiger partial charge in [-0.3, -0.25) is 4.79 Å². The molecular formula is C14H23NO3. The van der Waals surface area contributed by atoms with Crippen molar-refractivity contribution >= 4 is 11.9 Å². The highest BCUT2D eigenvalue weighted by Crippen LogP contribution is 1.99. The van der Waals surface area contributed by atoms with Gasteiger partial charge in [0.2, 0.25) is 5.91 Å². The van der Waals surface area contributed by atoms with Gasteiger partial charge in [-0.25, -0.2) is 4.79 Å². The number of amides is 1. The van der Waals surface area contributed by atoms with E-state index in [4.69, 9.17) is 0 Å². The van der Waals surface area contributed by atoms with E-state index in [0.717, 1.165) is 6.42 Å². The zero-order chi connectivity index (χ0) is 13.8. The number of allylic oxidation sites excluding steroid dienone is 3. The zero-order valence-corrected chi connectivity index (χ0v) is 11.4. The van der Waals surface area contributed by atoms with Crippen LogP contribution in [0.25, 0.3) is 0 Å². The zero-order valence-electron chi connectivity index (χ0n) is 11.4. The summed E-state index contributed by atoms with van der Waals surface area (Å²) in [5, 5.41) is 2.51. The Kier molecular flexibility index (Phi) is 9.64. The summed E-state index contributed by atoms with van der Waals surface area (Å²) in [4.78, 5) is 22.4. The Morgan fingerprint density at radius 3 is 2.61 bits per heavy atom. The maximum absolute atomic E-state index is 11.4. The fourth-order valence-electron chi connectivity index (χ4n) is 1.33. The lowest BCUT2D eigenvalue weighted by Gasteiger charge is -2.08. The van der Waals surface area contributed by atoms with Gasteiger partial charge in [-0.05, 0) is 19.8 Å². The molecule has 0 aromatic heterocycles. The highest BCUT2D eigenvalue weighted by atomic mass is 16.5. The summed E-state index contributed by atoms with van der Waals surface area (Å²) < 4.78 is 4.50. The Balaban J connectivity index is 3.83. The van der Waals surface area contributed by atoms with Crippen LogP contribution in [0, 0.1) is 0 Å². The average molecular weight is 253 g/mol. The number of carbonyl (C=O) groups is 2. The quantitative estimate of drug-likeness (QED) is 0.313. The molecule has 18 heavy (non-hydrogen) atoms. The largest absolute Gasteiger partial charge is 0.467 e.